The smallest absolute Gasteiger partial charge is 0.249 e. The fourth-order valence-corrected chi connectivity index (χ4v) is 3.89. The van der Waals surface area contributed by atoms with E-state index in [1.807, 2.05) is 18.2 Å². The Morgan fingerprint density at radius 2 is 2.14 bits per heavy atom. The van der Waals surface area contributed by atoms with Crippen LogP contribution >= 0.6 is 25.1 Å². The van der Waals surface area contributed by atoms with E-state index in [-0.39, 0.29) is 0 Å². The molecular weight excluding hydrogens is 237 g/mol. The van der Waals surface area contributed by atoms with Crippen molar-refractivity contribution in [2.24, 2.45) is 13.5 Å². The third-order valence-electron chi connectivity index (χ3n) is 1.46. The second-order valence-electron chi connectivity index (χ2n) is 2.39. The largest absolute Gasteiger partial charge is 0.441 e. The summed E-state index contributed by atoms with van der Waals surface area (Å²) in [4.78, 5) is 0. The molecule has 1 unspecified atom stereocenters. The minimum atomic E-state index is -1.47. The summed E-state index contributed by atoms with van der Waals surface area (Å²) in [6.07, 6.45) is 0. The van der Waals surface area contributed by atoms with Crippen molar-refractivity contribution < 1.29 is 4.52 Å². The van der Waals surface area contributed by atoms with Gasteiger partial charge in [0, 0.05) is 0 Å². The summed E-state index contributed by atoms with van der Waals surface area (Å²) in [5.74, 6) is 0.654. The summed E-state index contributed by atoms with van der Waals surface area (Å²) in [6.45, 7) is 0. The van der Waals surface area contributed by atoms with Crippen LogP contribution in [0.1, 0.15) is 0 Å². The zero-order valence-electron chi connectivity index (χ0n) is 7.03. The first-order valence-corrected chi connectivity index (χ1v) is 6.67. The second-order valence-corrected chi connectivity index (χ2v) is 5.83. The first-order chi connectivity index (χ1) is 6.86. The van der Waals surface area contributed by atoms with Crippen molar-refractivity contribution in [3.63, 3.8) is 0 Å². The number of para-hydroxylation sites is 2. The Bertz CT molecular complexity index is 431. The molecule has 0 aliphatic carbocycles. The Kier molecular flexibility index (Phi) is 3.26. The van der Waals surface area contributed by atoms with Crippen LogP contribution in [0.15, 0.2) is 37.8 Å². The topological polar surface area (TPSA) is 72.3 Å². The minimum absolute atomic E-state index is 0.617. The molecule has 0 radical (unpaired) electrons. The van der Waals surface area contributed by atoms with Gasteiger partial charge in [-0.2, -0.15) is 13.5 Å². The maximum Gasteiger partial charge on any atom is 0.249 e. The molecule has 5 nitrogen and oxygen atoms in total. The molecule has 0 bridgehead atoms. The average Bonchev–Trinajstić information content (AvgIpc) is 2.23. The first kappa shape index (κ1) is 9.79. The van der Waals surface area contributed by atoms with E-state index in [1.54, 1.807) is 6.07 Å². The lowest BCUT2D eigenvalue weighted by Gasteiger charge is -2.07. The lowest BCUT2D eigenvalue weighted by Crippen LogP contribution is -1.88. The summed E-state index contributed by atoms with van der Waals surface area (Å²) in [5, 5.41) is 0. The number of nitrogens with zero attached hydrogens (tertiary/aromatic N) is 3. The van der Waals surface area contributed by atoms with Crippen molar-refractivity contribution >= 4 is 30.8 Å². The molecule has 1 heterocycles. The number of rotatable bonds is 2. The van der Waals surface area contributed by atoms with E-state index >= 15 is 0 Å². The van der Waals surface area contributed by atoms with Gasteiger partial charge in [-0.3, -0.25) is 0 Å². The van der Waals surface area contributed by atoms with Gasteiger partial charge in [-0.15, -0.1) is 0 Å². The van der Waals surface area contributed by atoms with E-state index in [4.69, 9.17) is 10.3 Å². The zero-order chi connectivity index (χ0) is 9.80. The number of hydrogen-bond donors (Lipinski definition) is 1. The maximum atomic E-state index is 5.72. The van der Waals surface area contributed by atoms with Crippen molar-refractivity contribution in [1.29, 1.82) is 0 Å². The molecule has 1 atom stereocenters. The summed E-state index contributed by atoms with van der Waals surface area (Å²) >= 11 is 0. The van der Waals surface area contributed by atoms with E-state index in [0.717, 1.165) is 0 Å². The average molecular weight is 244 g/mol. The van der Waals surface area contributed by atoms with Gasteiger partial charge in [0.2, 0.25) is 8.09 Å². The Morgan fingerprint density at radius 3 is 2.86 bits per heavy atom. The molecule has 1 aromatic carbocycles. The molecule has 0 spiro atoms. The Hall–Kier alpha value is -0.750. The van der Waals surface area contributed by atoms with E-state index < -0.39 is 8.09 Å². The predicted octanol–water partition coefficient (Wildman–Crippen LogP) is 3.98. The minimum Gasteiger partial charge on any atom is -0.441 e. The molecule has 2 N–H and O–H groups in total. The molecule has 1 aliphatic rings. The van der Waals surface area contributed by atoms with Crippen LogP contribution in [-0.4, -0.2) is 0 Å². The fourth-order valence-electron chi connectivity index (χ4n) is 0.867. The quantitative estimate of drug-likeness (QED) is 0.631. The first-order valence-electron chi connectivity index (χ1n) is 3.77. The number of nitrogen functional groups attached to an aromatic ring is 1. The molecule has 1 aliphatic heterocycles. The molecule has 0 saturated heterocycles. The fraction of sp³-hybridized carbons (Fsp3) is 0. The SMILES string of the molecule is Nc1ccccc1O[PH]1=NP=NP=N1. The van der Waals surface area contributed by atoms with Gasteiger partial charge in [-0.25, -0.2) is 0 Å². The molecule has 2 rings (SSSR count). The van der Waals surface area contributed by atoms with Crippen molar-refractivity contribution in [3.05, 3.63) is 24.3 Å². The van der Waals surface area contributed by atoms with Gasteiger partial charge in [0.25, 0.3) is 0 Å². The van der Waals surface area contributed by atoms with Crippen LogP contribution in [0, 0.1) is 0 Å². The molecule has 14 heavy (non-hydrogen) atoms. The maximum absolute atomic E-state index is 5.72. The molecule has 0 aromatic heterocycles. The Morgan fingerprint density at radius 1 is 1.29 bits per heavy atom. The van der Waals surface area contributed by atoms with Crippen molar-refractivity contribution in [2.45, 2.75) is 0 Å². The van der Waals surface area contributed by atoms with Crippen molar-refractivity contribution in [2.75, 3.05) is 5.73 Å². The van der Waals surface area contributed by atoms with Crippen molar-refractivity contribution in [3.8, 4) is 5.75 Å². The molecule has 1 aromatic rings. The van der Waals surface area contributed by atoms with Gasteiger partial charge in [0.05, 0.1) is 5.69 Å². The molecule has 72 valence electrons. The zero-order valence-corrected chi connectivity index (χ0v) is 9.82. The summed E-state index contributed by atoms with van der Waals surface area (Å²) in [7, 11) is -0.0656. The number of nitrogens with two attached hydrogens (primary N) is 1. The van der Waals surface area contributed by atoms with Crippen LogP contribution in [0.5, 0.6) is 5.75 Å². The summed E-state index contributed by atoms with van der Waals surface area (Å²) < 4.78 is 17.7. The molecule has 0 fully saturated rings. The number of anilines is 1. The van der Waals surface area contributed by atoms with Crippen LogP contribution in [0.2, 0.25) is 0 Å². The van der Waals surface area contributed by atoms with Crippen LogP contribution < -0.4 is 10.3 Å². The molecule has 0 amide bonds. The predicted molar refractivity (Wildman–Crippen MR) is 60.9 cm³/mol. The van der Waals surface area contributed by atoms with Crippen LogP contribution in [0.25, 0.3) is 0 Å². The van der Waals surface area contributed by atoms with Crippen LogP contribution in [0.3, 0.4) is 0 Å². The highest BCUT2D eigenvalue weighted by atomic mass is 31.2. The third-order valence-corrected chi connectivity index (χ3v) is 4.59. The lowest BCUT2D eigenvalue weighted by atomic mass is 10.3. The lowest BCUT2D eigenvalue weighted by molar-refractivity contribution is 0.627. The van der Waals surface area contributed by atoms with Gasteiger partial charge in [-0.05, 0) is 12.1 Å². The third kappa shape index (κ3) is 2.39. The number of hydrogen-bond acceptors (Lipinski definition) is 5. The normalized spacial score (nSPS) is 21.3. The molecule has 8 heteroatoms. The highest BCUT2D eigenvalue weighted by molar-refractivity contribution is 7.56. The second kappa shape index (κ2) is 4.65. The standard InChI is InChI=1S/C6H7N4OP3/c7-5-3-1-2-4-6(5)11-14-9-12-8-13-10-14/h1-4,14H,7H2. The summed E-state index contributed by atoms with van der Waals surface area (Å²) in [6, 6.07) is 7.34. The monoisotopic (exact) mass is 244 g/mol. The molecular formula is C6H7N4OP3. The van der Waals surface area contributed by atoms with Gasteiger partial charge >= 0.3 is 0 Å². The van der Waals surface area contributed by atoms with E-state index in [2.05, 4.69) is 13.5 Å². The van der Waals surface area contributed by atoms with Gasteiger partial charge in [0.15, 0.2) is 17.0 Å². The van der Waals surface area contributed by atoms with Gasteiger partial charge in [-0.1, -0.05) is 12.1 Å². The Balaban J connectivity index is 2.19. The van der Waals surface area contributed by atoms with Crippen LogP contribution in [-0.2, 0) is 0 Å². The highest BCUT2D eigenvalue weighted by Gasteiger charge is 2.02. The highest BCUT2D eigenvalue weighted by Crippen LogP contribution is 2.43. The van der Waals surface area contributed by atoms with E-state index in [1.165, 1.54) is 0 Å². The molecule has 0 saturated carbocycles. The van der Waals surface area contributed by atoms with Gasteiger partial charge < -0.3 is 10.3 Å². The van der Waals surface area contributed by atoms with Gasteiger partial charge in [0.1, 0.15) is 5.75 Å². The van der Waals surface area contributed by atoms with Crippen LogP contribution in [0.4, 0.5) is 5.69 Å². The Labute approximate surface area is 85.2 Å². The number of benzene rings is 1. The summed E-state index contributed by atoms with van der Waals surface area (Å²) in [5.41, 5.74) is 6.33. The van der Waals surface area contributed by atoms with E-state index in [0.29, 0.717) is 28.5 Å². The van der Waals surface area contributed by atoms with Crippen molar-refractivity contribution in [1.82, 2.24) is 0 Å². The van der Waals surface area contributed by atoms with E-state index in [9.17, 15) is 0 Å².